The fourth-order valence-corrected chi connectivity index (χ4v) is 7.23. The maximum Gasteiger partial charge on any atom is 0.271 e. The lowest BCUT2D eigenvalue weighted by Crippen LogP contribution is -2.38. The van der Waals surface area contributed by atoms with Crippen molar-refractivity contribution in [3.63, 3.8) is 0 Å². The summed E-state index contributed by atoms with van der Waals surface area (Å²) in [7, 11) is 0. The van der Waals surface area contributed by atoms with E-state index in [1.807, 2.05) is 42.7 Å². The zero-order valence-corrected chi connectivity index (χ0v) is 23.9. The summed E-state index contributed by atoms with van der Waals surface area (Å²) in [5, 5.41) is 0.0520. The van der Waals surface area contributed by atoms with Gasteiger partial charge in [-0.1, -0.05) is 59.3 Å². The van der Waals surface area contributed by atoms with Gasteiger partial charge in [-0.25, -0.2) is 13.8 Å². The fourth-order valence-electron chi connectivity index (χ4n) is 6.06. The van der Waals surface area contributed by atoms with Gasteiger partial charge in [0.05, 0.1) is 21.3 Å². The lowest BCUT2D eigenvalue weighted by molar-refractivity contribution is 0.581. The molecule has 3 aromatic carbocycles. The highest BCUT2D eigenvalue weighted by molar-refractivity contribution is 7.07. The number of rotatable bonds is 3. The van der Waals surface area contributed by atoms with Crippen molar-refractivity contribution in [2.45, 2.75) is 32.7 Å². The second-order valence-corrected chi connectivity index (χ2v) is 11.8. The zero-order valence-electron chi connectivity index (χ0n) is 22.3. The van der Waals surface area contributed by atoms with E-state index in [0.717, 1.165) is 57.9 Å². The van der Waals surface area contributed by atoms with E-state index in [4.69, 9.17) is 16.6 Å². The SMILES string of the molecule is Cc1cc(/C=c2\sc3n(c2=O)[C@@H](c2ccc(F)cc2)C2=C(N=3)c3ccccc3CC2)c(C)n1-c1ccc(F)c(Cl)c1. The van der Waals surface area contributed by atoms with Crippen LogP contribution in [0.2, 0.25) is 5.02 Å². The molecule has 1 aliphatic heterocycles. The predicted octanol–water partition coefficient (Wildman–Crippen LogP) is 6.66. The Labute approximate surface area is 243 Å². The van der Waals surface area contributed by atoms with Gasteiger partial charge in [0.1, 0.15) is 11.6 Å². The summed E-state index contributed by atoms with van der Waals surface area (Å²) < 4.78 is 32.0. The van der Waals surface area contributed by atoms with Crippen molar-refractivity contribution < 1.29 is 8.78 Å². The van der Waals surface area contributed by atoms with E-state index in [1.54, 1.807) is 28.8 Å². The van der Waals surface area contributed by atoms with Gasteiger partial charge in [-0.2, -0.15) is 0 Å². The number of fused-ring (bicyclic) bond motifs is 3. The van der Waals surface area contributed by atoms with Crippen LogP contribution in [0.1, 0.15) is 46.1 Å². The van der Waals surface area contributed by atoms with Gasteiger partial charge in [0, 0.05) is 22.6 Å². The minimum absolute atomic E-state index is 0.0520. The molecule has 0 amide bonds. The van der Waals surface area contributed by atoms with E-state index in [1.165, 1.54) is 35.1 Å². The van der Waals surface area contributed by atoms with Gasteiger partial charge in [-0.05, 0) is 91.4 Å². The van der Waals surface area contributed by atoms with E-state index in [0.29, 0.717) is 9.33 Å². The van der Waals surface area contributed by atoms with Gasteiger partial charge in [0.15, 0.2) is 4.80 Å². The van der Waals surface area contributed by atoms with Crippen LogP contribution in [0.4, 0.5) is 8.78 Å². The summed E-state index contributed by atoms with van der Waals surface area (Å²) in [5.74, 6) is -0.789. The second-order valence-electron chi connectivity index (χ2n) is 10.4. The smallest absolute Gasteiger partial charge is 0.271 e. The molecule has 2 aromatic heterocycles. The number of aromatic nitrogens is 2. The van der Waals surface area contributed by atoms with E-state index < -0.39 is 5.82 Å². The molecule has 5 aromatic rings. The number of halogens is 3. The lowest BCUT2D eigenvalue weighted by atomic mass is 9.83. The van der Waals surface area contributed by atoms with E-state index >= 15 is 0 Å². The number of benzene rings is 3. The summed E-state index contributed by atoms with van der Waals surface area (Å²) in [4.78, 5) is 19.7. The Kier molecular flexibility index (Phi) is 6.17. The summed E-state index contributed by atoms with van der Waals surface area (Å²) in [6, 6.07) is 20.9. The fraction of sp³-hybridized carbons (Fsp3) is 0.152. The monoisotopic (exact) mass is 583 g/mol. The molecule has 2 aliphatic rings. The number of hydrogen-bond donors (Lipinski definition) is 0. The Hall–Kier alpha value is -4.07. The summed E-state index contributed by atoms with van der Waals surface area (Å²) in [5.41, 5.74) is 8.47. The zero-order chi connectivity index (χ0) is 28.4. The number of allylic oxidation sites excluding steroid dienone is 1. The Morgan fingerprint density at radius 1 is 1.00 bits per heavy atom. The van der Waals surface area contributed by atoms with Crippen LogP contribution in [0, 0.1) is 25.5 Å². The third-order valence-corrected chi connectivity index (χ3v) is 9.25. The van der Waals surface area contributed by atoms with Crippen LogP contribution in [-0.2, 0) is 6.42 Å². The first-order chi connectivity index (χ1) is 19.8. The third kappa shape index (κ3) is 4.23. The van der Waals surface area contributed by atoms with Crippen molar-refractivity contribution in [1.82, 2.24) is 9.13 Å². The van der Waals surface area contributed by atoms with Crippen LogP contribution in [0.3, 0.4) is 0 Å². The molecule has 3 heterocycles. The molecule has 7 rings (SSSR count). The summed E-state index contributed by atoms with van der Waals surface area (Å²) >= 11 is 7.42. The first-order valence-electron chi connectivity index (χ1n) is 13.3. The molecule has 204 valence electrons. The number of aryl methyl sites for hydroxylation is 2. The van der Waals surface area contributed by atoms with E-state index in [2.05, 4.69) is 12.1 Å². The Morgan fingerprint density at radius 2 is 1.78 bits per heavy atom. The van der Waals surface area contributed by atoms with E-state index in [-0.39, 0.29) is 22.4 Å². The Bertz CT molecular complexity index is 2090. The molecule has 0 N–H and O–H groups in total. The van der Waals surface area contributed by atoms with Crippen molar-refractivity contribution in [3.8, 4) is 5.69 Å². The molecule has 0 saturated carbocycles. The molecule has 4 nitrogen and oxygen atoms in total. The molecule has 0 saturated heterocycles. The summed E-state index contributed by atoms with van der Waals surface area (Å²) in [6.07, 6.45) is 3.52. The molecule has 8 heteroatoms. The van der Waals surface area contributed by atoms with Crippen LogP contribution in [-0.4, -0.2) is 9.13 Å². The molecular weight excluding hydrogens is 560 g/mol. The molecule has 0 bridgehead atoms. The molecule has 1 aliphatic carbocycles. The maximum absolute atomic E-state index is 14.1. The minimum atomic E-state index is -0.472. The maximum atomic E-state index is 14.1. The predicted molar refractivity (Wildman–Crippen MR) is 159 cm³/mol. The van der Waals surface area contributed by atoms with Crippen LogP contribution in [0.5, 0.6) is 0 Å². The van der Waals surface area contributed by atoms with Gasteiger partial charge in [0.2, 0.25) is 0 Å². The van der Waals surface area contributed by atoms with Gasteiger partial charge in [0.25, 0.3) is 5.56 Å². The molecule has 0 radical (unpaired) electrons. The Morgan fingerprint density at radius 3 is 2.56 bits per heavy atom. The molecule has 0 spiro atoms. The van der Waals surface area contributed by atoms with Gasteiger partial charge in [-0.3, -0.25) is 9.36 Å². The van der Waals surface area contributed by atoms with Crippen molar-refractivity contribution in [2.75, 3.05) is 0 Å². The van der Waals surface area contributed by atoms with Crippen molar-refractivity contribution >= 4 is 34.7 Å². The molecule has 1 atom stereocenters. The largest absolute Gasteiger partial charge is 0.318 e. The number of hydrogen-bond acceptors (Lipinski definition) is 3. The highest BCUT2D eigenvalue weighted by Gasteiger charge is 2.32. The molecule has 41 heavy (non-hydrogen) atoms. The number of nitrogens with zero attached hydrogens (tertiary/aromatic N) is 3. The normalized spacial score (nSPS) is 16.3. The van der Waals surface area contributed by atoms with Crippen molar-refractivity contribution in [3.05, 3.63) is 148 Å². The van der Waals surface area contributed by atoms with Crippen LogP contribution in [0.15, 0.2) is 88.2 Å². The minimum Gasteiger partial charge on any atom is -0.318 e. The molecule has 0 fully saturated rings. The highest BCUT2D eigenvalue weighted by Crippen LogP contribution is 2.41. The topological polar surface area (TPSA) is 39.3 Å². The van der Waals surface area contributed by atoms with Crippen LogP contribution in [0.25, 0.3) is 17.5 Å². The van der Waals surface area contributed by atoms with Gasteiger partial charge >= 0.3 is 0 Å². The third-order valence-electron chi connectivity index (χ3n) is 7.98. The quantitative estimate of drug-likeness (QED) is 0.234. The standard InChI is InChI=1S/C33H24ClF2N3OS/c1-18-15-22(19(2)38(18)24-12-14-28(36)27(34)17-24)16-29-32(40)39-31(21-7-10-23(35)11-8-21)26-13-9-20-5-3-4-6-25(20)30(26)37-33(39)41-29/h3-8,10-12,14-17,31H,9,13H2,1-2H3/b29-16-/t31-/m0/s1. The average Bonchev–Trinajstić information content (AvgIpc) is 3.43. The van der Waals surface area contributed by atoms with Crippen LogP contribution < -0.4 is 14.9 Å². The molecular formula is C33H24ClF2N3OS. The highest BCUT2D eigenvalue weighted by atomic mass is 35.5. The molecule has 0 unspecified atom stereocenters. The van der Waals surface area contributed by atoms with Gasteiger partial charge < -0.3 is 4.57 Å². The lowest BCUT2D eigenvalue weighted by Gasteiger charge is -2.30. The Balaban J connectivity index is 1.43. The first-order valence-corrected chi connectivity index (χ1v) is 14.5. The van der Waals surface area contributed by atoms with E-state index in [9.17, 15) is 13.6 Å². The van der Waals surface area contributed by atoms with Crippen LogP contribution >= 0.6 is 22.9 Å². The summed E-state index contributed by atoms with van der Waals surface area (Å²) in [6.45, 7) is 3.92. The average molecular weight is 584 g/mol. The van der Waals surface area contributed by atoms with Gasteiger partial charge in [-0.15, -0.1) is 0 Å². The number of thiazole rings is 1. The van der Waals surface area contributed by atoms with Crippen molar-refractivity contribution in [2.24, 2.45) is 4.99 Å². The van der Waals surface area contributed by atoms with Crippen molar-refractivity contribution in [1.29, 1.82) is 0 Å². The first kappa shape index (κ1) is 25.9. The second kappa shape index (κ2) is 9.79.